The van der Waals surface area contributed by atoms with Crippen molar-refractivity contribution in [2.45, 2.75) is 32.9 Å². The van der Waals surface area contributed by atoms with Crippen molar-refractivity contribution in [2.75, 3.05) is 7.11 Å². The summed E-state index contributed by atoms with van der Waals surface area (Å²) in [5, 5.41) is 3.81. The van der Waals surface area contributed by atoms with Crippen LogP contribution in [0.5, 0.6) is 0 Å². The van der Waals surface area contributed by atoms with Crippen molar-refractivity contribution < 1.29 is 19.1 Å². The van der Waals surface area contributed by atoms with Crippen molar-refractivity contribution in [3.63, 3.8) is 0 Å². The van der Waals surface area contributed by atoms with Crippen LogP contribution in [0.3, 0.4) is 0 Å². The molecule has 2 aromatic carbocycles. The molecule has 0 saturated heterocycles. The van der Waals surface area contributed by atoms with Crippen molar-refractivity contribution in [2.24, 2.45) is 7.05 Å². The maximum atomic E-state index is 12.1. The summed E-state index contributed by atoms with van der Waals surface area (Å²) in [5.74, 6) is -0.378. The van der Waals surface area contributed by atoms with Crippen LogP contribution in [-0.2, 0) is 23.1 Å². The first-order valence-electron chi connectivity index (χ1n) is 9.41. The standard InChI is InChI=1S/C23H26N2O4/c1-23(2,3)29-22(27)24-14-15-7-6-8-16(11-15)19-12-17(21(26)28-5)13-20-18(19)9-10-25(20)4/h6-13H,14H2,1-5H3,(H,24,27). The highest BCUT2D eigenvalue weighted by Gasteiger charge is 2.16. The van der Waals surface area contributed by atoms with E-state index in [9.17, 15) is 9.59 Å². The van der Waals surface area contributed by atoms with Crippen LogP contribution in [0.2, 0.25) is 0 Å². The summed E-state index contributed by atoms with van der Waals surface area (Å²) in [5.41, 5.74) is 3.72. The number of amides is 1. The third-order valence-corrected chi connectivity index (χ3v) is 4.50. The maximum absolute atomic E-state index is 12.1. The lowest BCUT2D eigenvalue weighted by Gasteiger charge is -2.19. The van der Waals surface area contributed by atoms with E-state index in [0.717, 1.165) is 27.6 Å². The van der Waals surface area contributed by atoms with Crippen LogP contribution in [0.15, 0.2) is 48.7 Å². The molecular weight excluding hydrogens is 368 g/mol. The molecule has 1 aromatic heterocycles. The Hall–Kier alpha value is -3.28. The molecule has 0 spiro atoms. The van der Waals surface area contributed by atoms with E-state index in [4.69, 9.17) is 9.47 Å². The molecule has 1 heterocycles. The fourth-order valence-electron chi connectivity index (χ4n) is 3.18. The fraction of sp³-hybridized carbons (Fsp3) is 0.304. The summed E-state index contributed by atoms with van der Waals surface area (Å²) < 4.78 is 12.2. The minimum atomic E-state index is -0.542. The van der Waals surface area contributed by atoms with Gasteiger partial charge in [0.15, 0.2) is 0 Å². The van der Waals surface area contributed by atoms with E-state index < -0.39 is 11.7 Å². The number of esters is 1. The average molecular weight is 394 g/mol. The lowest BCUT2D eigenvalue weighted by molar-refractivity contribution is 0.0522. The lowest BCUT2D eigenvalue weighted by atomic mass is 9.97. The van der Waals surface area contributed by atoms with Crippen LogP contribution in [-0.4, -0.2) is 29.3 Å². The number of carbonyl (C=O) groups is 2. The van der Waals surface area contributed by atoms with E-state index in [0.29, 0.717) is 12.1 Å². The zero-order valence-electron chi connectivity index (χ0n) is 17.4. The SMILES string of the molecule is COC(=O)c1cc(-c2cccc(CNC(=O)OC(C)(C)C)c2)c2ccn(C)c2c1. The first kappa shape index (κ1) is 20.5. The van der Waals surface area contributed by atoms with Gasteiger partial charge in [-0.2, -0.15) is 0 Å². The molecule has 0 aliphatic carbocycles. The number of alkyl carbamates (subject to hydrolysis) is 1. The average Bonchev–Trinajstić information content (AvgIpc) is 3.05. The zero-order valence-corrected chi connectivity index (χ0v) is 17.4. The molecule has 6 heteroatoms. The second-order valence-corrected chi connectivity index (χ2v) is 7.93. The number of hydrogen-bond acceptors (Lipinski definition) is 4. The van der Waals surface area contributed by atoms with Crippen molar-refractivity contribution >= 4 is 23.0 Å². The number of nitrogens with one attached hydrogen (secondary N) is 1. The van der Waals surface area contributed by atoms with Gasteiger partial charge < -0.3 is 19.4 Å². The van der Waals surface area contributed by atoms with Gasteiger partial charge >= 0.3 is 12.1 Å². The summed E-state index contributed by atoms with van der Waals surface area (Å²) >= 11 is 0. The Labute approximate surface area is 170 Å². The number of fused-ring (bicyclic) bond motifs is 1. The molecule has 0 aliphatic heterocycles. The second kappa shape index (κ2) is 7.99. The van der Waals surface area contributed by atoms with Crippen LogP contribution in [0, 0.1) is 0 Å². The molecule has 29 heavy (non-hydrogen) atoms. The number of nitrogens with zero attached hydrogens (tertiary/aromatic N) is 1. The Bertz CT molecular complexity index is 1060. The Morgan fingerprint density at radius 3 is 2.55 bits per heavy atom. The number of ether oxygens (including phenoxy) is 2. The third kappa shape index (κ3) is 4.77. The molecule has 3 aromatic rings. The van der Waals surface area contributed by atoms with Crippen molar-refractivity contribution in [1.29, 1.82) is 0 Å². The van der Waals surface area contributed by atoms with E-state index >= 15 is 0 Å². The Balaban J connectivity index is 1.93. The summed E-state index contributed by atoms with van der Waals surface area (Å²) in [7, 11) is 3.31. The molecule has 0 atom stereocenters. The molecule has 0 fully saturated rings. The summed E-state index contributed by atoms with van der Waals surface area (Å²) in [6.45, 7) is 5.82. The minimum absolute atomic E-state index is 0.345. The van der Waals surface area contributed by atoms with E-state index in [-0.39, 0.29) is 5.97 Å². The predicted molar refractivity (Wildman–Crippen MR) is 113 cm³/mol. The number of aromatic nitrogens is 1. The zero-order chi connectivity index (χ0) is 21.2. The van der Waals surface area contributed by atoms with Gasteiger partial charge in [-0.05, 0) is 61.7 Å². The quantitative estimate of drug-likeness (QED) is 0.654. The summed E-state index contributed by atoms with van der Waals surface area (Å²) in [4.78, 5) is 24.1. The maximum Gasteiger partial charge on any atom is 0.407 e. The monoisotopic (exact) mass is 394 g/mol. The first-order chi connectivity index (χ1) is 13.7. The molecule has 3 rings (SSSR count). The van der Waals surface area contributed by atoms with Crippen LogP contribution in [0.4, 0.5) is 4.79 Å². The highest BCUT2D eigenvalue weighted by atomic mass is 16.6. The van der Waals surface area contributed by atoms with Gasteiger partial charge in [0.1, 0.15) is 5.60 Å². The van der Waals surface area contributed by atoms with Gasteiger partial charge in [-0.15, -0.1) is 0 Å². The van der Waals surface area contributed by atoms with E-state index in [1.165, 1.54) is 7.11 Å². The van der Waals surface area contributed by atoms with Crippen LogP contribution >= 0.6 is 0 Å². The predicted octanol–water partition coefficient (Wildman–Crippen LogP) is 4.66. The molecule has 0 aliphatic rings. The van der Waals surface area contributed by atoms with Gasteiger partial charge in [0.25, 0.3) is 0 Å². The normalized spacial score (nSPS) is 11.3. The molecule has 152 valence electrons. The van der Waals surface area contributed by atoms with Gasteiger partial charge in [0, 0.05) is 30.7 Å². The smallest absolute Gasteiger partial charge is 0.407 e. The van der Waals surface area contributed by atoms with E-state index in [1.807, 2.05) is 81.0 Å². The van der Waals surface area contributed by atoms with Crippen molar-refractivity contribution in [3.05, 3.63) is 59.8 Å². The van der Waals surface area contributed by atoms with Crippen LogP contribution < -0.4 is 5.32 Å². The Morgan fingerprint density at radius 1 is 1.10 bits per heavy atom. The molecule has 1 amide bonds. The fourth-order valence-corrected chi connectivity index (χ4v) is 3.18. The van der Waals surface area contributed by atoms with E-state index in [2.05, 4.69) is 5.32 Å². The highest BCUT2D eigenvalue weighted by Crippen LogP contribution is 2.31. The van der Waals surface area contributed by atoms with Gasteiger partial charge in [-0.1, -0.05) is 18.2 Å². The molecule has 1 N–H and O–H groups in total. The lowest BCUT2D eigenvalue weighted by Crippen LogP contribution is -2.32. The van der Waals surface area contributed by atoms with Crippen molar-refractivity contribution in [1.82, 2.24) is 9.88 Å². The van der Waals surface area contributed by atoms with Gasteiger partial charge in [0.05, 0.1) is 12.7 Å². The minimum Gasteiger partial charge on any atom is -0.465 e. The number of rotatable bonds is 4. The topological polar surface area (TPSA) is 69.6 Å². The molecule has 0 unspecified atom stereocenters. The number of aryl methyl sites for hydroxylation is 1. The first-order valence-corrected chi connectivity index (χ1v) is 9.41. The second-order valence-electron chi connectivity index (χ2n) is 7.93. The largest absolute Gasteiger partial charge is 0.465 e. The number of hydrogen-bond donors (Lipinski definition) is 1. The van der Waals surface area contributed by atoms with Crippen LogP contribution in [0.1, 0.15) is 36.7 Å². The van der Waals surface area contributed by atoms with Crippen LogP contribution in [0.25, 0.3) is 22.0 Å². The Morgan fingerprint density at radius 2 is 1.86 bits per heavy atom. The number of benzene rings is 2. The van der Waals surface area contributed by atoms with Gasteiger partial charge in [-0.3, -0.25) is 0 Å². The third-order valence-electron chi connectivity index (χ3n) is 4.50. The van der Waals surface area contributed by atoms with Gasteiger partial charge in [-0.25, -0.2) is 9.59 Å². The summed E-state index contributed by atoms with van der Waals surface area (Å²) in [6, 6.07) is 13.6. The molecule has 0 saturated carbocycles. The number of methoxy groups -OCH3 is 1. The number of carbonyl (C=O) groups excluding carboxylic acids is 2. The highest BCUT2D eigenvalue weighted by molar-refractivity contribution is 6.02. The van der Waals surface area contributed by atoms with E-state index in [1.54, 1.807) is 0 Å². The summed E-state index contributed by atoms with van der Waals surface area (Å²) in [6.07, 6.45) is 1.50. The van der Waals surface area contributed by atoms with Crippen molar-refractivity contribution in [3.8, 4) is 11.1 Å². The van der Waals surface area contributed by atoms with Gasteiger partial charge in [0.2, 0.25) is 0 Å². The molecule has 0 bridgehead atoms. The Kier molecular flexibility index (Phi) is 5.64. The molecular formula is C23H26N2O4. The molecule has 0 radical (unpaired) electrons. The molecule has 6 nitrogen and oxygen atoms in total.